The lowest BCUT2D eigenvalue weighted by Gasteiger charge is -2.36. The third-order valence-corrected chi connectivity index (χ3v) is 7.76. The predicted molar refractivity (Wildman–Crippen MR) is 145 cm³/mol. The zero-order valence-electron chi connectivity index (χ0n) is 20.6. The summed E-state index contributed by atoms with van der Waals surface area (Å²) in [6.45, 7) is 0. The summed E-state index contributed by atoms with van der Waals surface area (Å²) >= 11 is 6.39. The number of methoxy groups -OCH3 is 2. The maximum atomic E-state index is 14.1. The highest BCUT2D eigenvalue weighted by atomic mass is 35.5. The highest BCUT2D eigenvalue weighted by molar-refractivity contribution is 6.36. The van der Waals surface area contributed by atoms with Crippen LogP contribution in [0.25, 0.3) is 6.08 Å². The van der Waals surface area contributed by atoms with Gasteiger partial charge >= 0.3 is 0 Å². The standard InChI is InChI=1S/C29H24ClN3O5/c1-37-17-12-14-23(38-2)19(15-17)31-27(34)26-25-24(22-13-11-16-7-3-5-9-20(16)32(22)26)28(35)33(29(25)36)21-10-6-4-8-18(21)30/h3-15,22,24-26H,1-2H3,(H,31,34)/t22-,24+,25-,26+/m1/s1. The number of anilines is 3. The van der Waals surface area contributed by atoms with E-state index in [0.29, 0.717) is 22.9 Å². The number of carbonyl (C=O) groups excluding carboxylic acids is 3. The number of ether oxygens (including phenoxy) is 2. The molecule has 3 amide bonds. The summed E-state index contributed by atoms with van der Waals surface area (Å²) in [5, 5.41) is 3.23. The third-order valence-electron chi connectivity index (χ3n) is 7.44. The summed E-state index contributed by atoms with van der Waals surface area (Å²) in [5.74, 6) is -1.96. The number of nitrogens with zero attached hydrogens (tertiary/aromatic N) is 2. The number of benzene rings is 3. The lowest BCUT2D eigenvalue weighted by Crippen LogP contribution is -2.50. The number of halogens is 1. The number of hydrogen-bond donors (Lipinski definition) is 1. The third kappa shape index (κ3) is 3.55. The van der Waals surface area contributed by atoms with E-state index in [0.717, 1.165) is 16.2 Å². The monoisotopic (exact) mass is 529 g/mol. The van der Waals surface area contributed by atoms with Crippen molar-refractivity contribution < 1.29 is 23.9 Å². The average Bonchev–Trinajstić information content (AvgIpc) is 3.41. The molecule has 3 heterocycles. The van der Waals surface area contributed by atoms with Gasteiger partial charge in [-0.05, 0) is 35.9 Å². The van der Waals surface area contributed by atoms with Gasteiger partial charge in [-0.3, -0.25) is 14.4 Å². The van der Waals surface area contributed by atoms with Crippen molar-refractivity contribution in [3.63, 3.8) is 0 Å². The van der Waals surface area contributed by atoms with Crippen LogP contribution >= 0.6 is 11.6 Å². The van der Waals surface area contributed by atoms with Gasteiger partial charge in [0.05, 0.1) is 48.5 Å². The van der Waals surface area contributed by atoms with Crippen molar-refractivity contribution in [3.8, 4) is 11.5 Å². The molecule has 4 atom stereocenters. The average molecular weight is 530 g/mol. The second-order valence-electron chi connectivity index (χ2n) is 9.33. The first-order chi connectivity index (χ1) is 18.4. The molecule has 3 aromatic carbocycles. The maximum Gasteiger partial charge on any atom is 0.248 e. The van der Waals surface area contributed by atoms with E-state index < -0.39 is 35.7 Å². The highest BCUT2D eigenvalue weighted by Gasteiger charge is 2.64. The van der Waals surface area contributed by atoms with Crippen LogP contribution in [0.5, 0.6) is 11.5 Å². The van der Waals surface area contributed by atoms with Crippen LogP contribution in [0.3, 0.4) is 0 Å². The fraction of sp³-hybridized carbons (Fsp3) is 0.207. The molecule has 1 N–H and O–H groups in total. The lowest BCUT2D eigenvalue weighted by molar-refractivity contribution is -0.126. The zero-order chi connectivity index (χ0) is 26.6. The first-order valence-corrected chi connectivity index (χ1v) is 12.5. The predicted octanol–water partition coefficient (Wildman–Crippen LogP) is 4.39. The van der Waals surface area contributed by atoms with Gasteiger partial charge in [0.15, 0.2) is 0 Å². The number of carbonyl (C=O) groups is 3. The summed E-state index contributed by atoms with van der Waals surface area (Å²) in [6.07, 6.45) is 3.84. The maximum absolute atomic E-state index is 14.1. The summed E-state index contributed by atoms with van der Waals surface area (Å²) < 4.78 is 10.8. The minimum atomic E-state index is -0.962. The number of fused-ring (bicyclic) bond motifs is 5. The van der Waals surface area contributed by atoms with Crippen LogP contribution in [0.2, 0.25) is 5.02 Å². The van der Waals surface area contributed by atoms with E-state index in [-0.39, 0.29) is 10.9 Å². The van der Waals surface area contributed by atoms with Crippen LogP contribution in [-0.4, -0.2) is 44.0 Å². The van der Waals surface area contributed by atoms with E-state index in [1.165, 1.54) is 14.2 Å². The topological polar surface area (TPSA) is 88.2 Å². The summed E-state index contributed by atoms with van der Waals surface area (Å²) in [6, 6.07) is 18.0. The molecule has 0 saturated carbocycles. The Morgan fingerprint density at radius 2 is 1.61 bits per heavy atom. The van der Waals surface area contributed by atoms with Gasteiger partial charge in [-0.25, -0.2) is 4.90 Å². The normalized spacial score (nSPS) is 23.1. The van der Waals surface area contributed by atoms with E-state index in [9.17, 15) is 14.4 Å². The summed E-state index contributed by atoms with van der Waals surface area (Å²) in [4.78, 5) is 44.9. The Morgan fingerprint density at radius 1 is 0.895 bits per heavy atom. The van der Waals surface area contributed by atoms with Crippen molar-refractivity contribution in [2.24, 2.45) is 11.8 Å². The van der Waals surface area contributed by atoms with Crippen LogP contribution in [-0.2, 0) is 14.4 Å². The first-order valence-electron chi connectivity index (χ1n) is 12.2. The van der Waals surface area contributed by atoms with Crippen LogP contribution in [0, 0.1) is 11.8 Å². The van der Waals surface area contributed by atoms with Crippen LogP contribution in [0.4, 0.5) is 17.1 Å². The Kier molecular flexibility index (Phi) is 5.84. The molecule has 2 saturated heterocycles. The molecule has 0 unspecified atom stereocenters. The Hall–Kier alpha value is -4.30. The quantitative estimate of drug-likeness (QED) is 0.493. The summed E-state index contributed by atoms with van der Waals surface area (Å²) in [7, 11) is 3.04. The molecule has 3 aromatic rings. The molecule has 3 aliphatic rings. The first kappa shape index (κ1) is 24.1. The van der Waals surface area contributed by atoms with Gasteiger partial charge in [-0.2, -0.15) is 0 Å². The van der Waals surface area contributed by atoms with Crippen molar-refractivity contribution in [2.45, 2.75) is 12.1 Å². The minimum absolute atomic E-state index is 0.290. The van der Waals surface area contributed by atoms with Crippen LogP contribution in [0.15, 0.2) is 72.8 Å². The molecule has 9 heteroatoms. The van der Waals surface area contributed by atoms with Crippen molar-refractivity contribution >= 4 is 52.5 Å². The summed E-state index contributed by atoms with van der Waals surface area (Å²) in [5.41, 5.74) is 2.41. The number of hydrogen-bond acceptors (Lipinski definition) is 6. The molecule has 0 spiro atoms. The largest absolute Gasteiger partial charge is 0.497 e. The van der Waals surface area contributed by atoms with Crippen molar-refractivity contribution in [3.05, 3.63) is 83.4 Å². The molecule has 2 fully saturated rings. The second-order valence-corrected chi connectivity index (χ2v) is 9.74. The Morgan fingerprint density at radius 3 is 2.34 bits per heavy atom. The van der Waals surface area contributed by atoms with E-state index >= 15 is 0 Å². The number of rotatable bonds is 5. The lowest BCUT2D eigenvalue weighted by atomic mass is 9.88. The van der Waals surface area contributed by atoms with Crippen molar-refractivity contribution in [2.75, 3.05) is 29.3 Å². The van der Waals surface area contributed by atoms with Gasteiger partial charge in [0.25, 0.3) is 0 Å². The molecule has 0 radical (unpaired) electrons. The van der Waals surface area contributed by atoms with E-state index in [2.05, 4.69) is 5.32 Å². The number of para-hydroxylation sites is 2. The molecule has 192 valence electrons. The molecule has 38 heavy (non-hydrogen) atoms. The van der Waals surface area contributed by atoms with Gasteiger partial charge in [-0.1, -0.05) is 54.1 Å². The molecule has 0 aromatic heterocycles. The van der Waals surface area contributed by atoms with Gasteiger partial charge in [-0.15, -0.1) is 0 Å². The number of imide groups is 1. The fourth-order valence-electron chi connectivity index (χ4n) is 5.80. The SMILES string of the molecule is COc1ccc(OC)c(NC(=O)[C@@H]2[C@@H]3C(=O)N(c4ccccc4Cl)C(=O)[C@H]3[C@H]3C=Cc4ccccc4N32)c1. The second kappa shape index (κ2) is 9.22. The van der Waals surface area contributed by atoms with Gasteiger partial charge in [0.2, 0.25) is 17.7 Å². The molecular weight excluding hydrogens is 506 g/mol. The van der Waals surface area contributed by atoms with Crippen LogP contribution < -0.4 is 24.6 Å². The Bertz CT molecular complexity index is 1510. The number of amides is 3. The van der Waals surface area contributed by atoms with Gasteiger partial charge < -0.3 is 19.7 Å². The van der Waals surface area contributed by atoms with Gasteiger partial charge in [0, 0.05) is 11.8 Å². The smallest absolute Gasteiger partial charge is 0.248 e. The molecule has 3 aliphatic heterocycles. The van der Waals surface area contributed by atoms with Crippen LogP contribution in [0.1, 0.15) is 5.56 Å². The van der Waals surface area contributed by atoms with E-state index in [4.69, 9.17) is 21.1 Å². The Balaban J connectivity index is 1.45. The molecule has 6 rings (SSSR count). The molecular formula is C29H24ClN3O5. The molecule has 0 aliphatic carbocycles. The van der Waals surface area contributed by atoms with E-state index in [1.54, 1.807) is 42.5 Å². The number of nitrogens with one attached hydrogen (secondary N) is 1. The van der Waals surface area contributed by atoms with Crippen molar-refractivity contribution in [1.29, 1.82) is 0 Å². The van der Waals surface area contributed by atoms with E-state index in [1.807, 2.05) is 41.3 Å². The Labute approximate surface area is 224 Å². The molecule has 8 nitrogen and oxygen atoms in total. The zero-order valence-corrected chi connectivity index (χ0v) is 21.4. The highest BCUT2D eigenvalue weighted by Crippen LogP contribution is 2.50. The minimum Gasteiger partial charge on any atom is -0.497 e. The van der Waals surface area contributed by atoms with Crippen molar-refractivity contribution in [1.82, 2.24) is 0 Å². The molecule has 0 bridgehead atoms. The fourth-order valence-corrected chi connectivity index (χ4v) is 6.02. The van der Waals surface area contributed by atoms with Gasteiger partial charge in [0.1, 0.15) is 17.5 Å².